The highest BCUT2D eigenvalue weighted by atomic mass is 16.7. The van der Waals surface area contributed by atoms with Gasteiger partial charge in [-0.05, 0) is 0 Å². The molecule has 2 heterocycles. The topological polar surface area (TPSA) is 192 Å². The van der Waals surface area contributed by atoms with Gasteiger partial charge in [-0.25, -0.2) is 4.42 Å². The molecule has 0 saturated carbocycles. The molecule has 3 aromatic rings. The van der Waals surface area contributed by atoms with Gasteiger partial charge in [0.05, 0.1) is 18.2 Å². The van der Waals surface area contributed by atoms with E-state index in [1.54, 1.807) is 0 Å². The molecular formula is C20H19O11+. The second kappa shape index (κ2) is 7.63. The lowest BCUT2D eigenvalue weighted by molar-refractivity contribution is -0.242. The van der Waals surface area contributed by atoms with Crippen LogP contribution in [0, 0.1) is 0 Å². The largest absolute Gasteiger partial charge is 0.507 e. The zero-order valence-electron chi connectivity index (χ0n) is 15.7. The van der Waals surface area contributed by atoms with Crippen LogP contribution in [0.2, 0.25) is 0 Å². The van der Waals surface area contributed by atoms with E-state index >= 15 is 0 Å². The molecular weight excluding hydrogens is 416 g/mol. The molecule has 4 rings (SSSR count). The Morgan fingerprint density at radius 1 is 0.839 bits per heavy atom. The first kappa shape index (κ1) is 20.8. The van der Waals surface area contributed by atoms with E-state index in [1.807, 2.05) is 0 Å². The summed E-state index contributed by atoms with van der Waals surface area (Å²) in [5, 5.41) is 79.0. The minimum Gasteiger partial charge on any atom is -0.507 e. The summed E-state index contributed by atoms with van der Waals surface area (Å²) in [5.74, 6) is -3.03. The van der Waals surface area contributed by atoms with E-state index in [0.29, 0.717) is 0 Å². The van der Waals surface area contributed by atoms with E-state index in [0.717, 1.165) is 18.2 Å². The Balaban J connectivity index is 1.87. The standard InChI is InChI=1S/C20H18O11/c21-8-3-10(22)9-5-15(31-20-18(28)17(27)13(25)6-29-20)19(30-14(9)4-8)7-1-11(23)16(26)12(24)2-7/h1-5,13,17-18,20,25,27-28H,6H2,(H4-,21,22,23,24,26)/p+1/t13-,17-,18+,20-/m1/s1. The van der Waals surface area contributed by atoms with Gasteiger partial charge < -0.3 is 50.3 Å². The molecule has 0 bridgehead atoms. The highest BCUT2D eigenvalue weighted by molar-refractivity contribution is 5.88. The number of benzene rings is 2. The molecule has 1 saturated heterocycles. The lowest BCUT2D eigenvalue weighted by Gasteiger charge is -2.34. The highest BCUT2D eigenvalue weighted by Crippen LogP contribution is 2.44. The van der Waals surface area contributed by atoms with Crippen molar-refractivity contribution in [2.24, 2.45) is 0 Å². The molecule has 2 aromatic carbocycles. The van der Waals surface area contributed by atoms with Crippen molar-refractivity contribution in [2.45, 2.75) is 24.6 Å². The van der Waals surface area contributed by atoms with Crippen LogP contribution >= 0.6 is 0 Å². The maximum absolute atomic E-state index is 10.2. The van der Waals surface area contributed by atoms with Crippen molar-refractivity contribution in [1.82, 2.24) is 0 Å². The van der Waals surface area contributed by atoms with Crippen LogP contribution in [0.25, 0.3) is 22.3 Å². The molecule has 0 unspecified atom stereocenters. The van der Waals surface area contributed by atoms with Gasteiger partial charge in [-0.15, -0.1) is 0 Å². The fourth-order valence-corrected chi connectivity index (χ4v) is 3.22. The number of phenols is 5. The van der Waals surface area contributed by atoms with Crippen molar-refractivity contribution in [3.63, 3.8) is 0 Å². The highest BCUT2D eigenvalue weighted by Gasteiger charge is 2.40. The number of hydrogen-bond donors (Lipinski definition) is 8. The zero-order chi connectivity index (χ0) is 22.4. The SMILES string of the molecule is Oc1cc(O)c2cc(O[C@H]3OC[C@@H](O)[C@@H](O)[C@@H]3O)c(-c3cc(O)c(O)c(O)c3)[o+]c2c1. The van der Waals surface area contributed by atoms with Gasteiger partial charge in [0.2, 0.25) is 12.0 Å². The van der Waals surface area contributed by atoms with Crippen molar-refractivity contribution in [3.8, 4) is 45.8 Å². The van der Waals surface area contributed by atoms with Crippen molar-refractivity contribution in [2.75, 3.05) is 6.61 Å². The van der Waals surface area contributed by atoms with Crippen LogP contribution in [-0.2, 0) is 4.74 Å². The summed E-state index contributed by atoms with van der Waals surface area (Å²) < 4.78 is 16.6. The van der Waals surface area contributed by atoms with Gasteiger partial charge >= 0.3 is 11.3 Å². The fourth-order valence-electron chi connectivity index (χ4n) is 3.22. The van der Waals surface area contributed by atoms with E-state index in [1.165, 1.54) is 12.1 Å². The summed E-state index contributed by atoms with van der Waals surface area (Å²) in [5.41, 5.74) is 0.0332. The summed E-state index contributed by atoms with van der Waals surface area (Å²) in [7, 11) is 0. The Bertz CT molecular complexity index is 1120. The molecule has 8 N–H and O–H groups in total. The molecule has 0 aliphatic carbocycles. The number of phenolic OH excluding ortho intramolecular Hbond substituents is 5. The molecule has 1 aliphatic rings. The predicted molar refractivity (Wildman–Crippen MR) is 103 cm³/mol. The molecule has 0 amide bonds. The van der Waals surface area contributed by atoms with Crippen LogP contribution in [0.1, 0.15) is 0 Å². The number of aliphatic hydroxyl groups excluding tert-OH is 3. The third kappa shape index (κ3) is 3.70. The number of aliphatic hydroxyl groups is 3. The van der Waals surface area contributed by atoms with Gasteiger partial charge in [-0.2, -0.15) is 0 Å². The first-order valence-corrected chi connectivity index (χ1v) is 9.06. The Hall–Kier alpha value is -3.51. The third-order valence-electron chi connectivity index (χ3n) is 4.85. The molecule has 11 heteroatoms. The van der Waals surface area contributed by atoms with Crippen LogP contribution in [-0.4, -0.2) is 72.1 Å². The maximum Gasteiger partial charge on any atom is 0.402 e. The zero-order valence-corrected chi connectivity index (χ0v) is 15.7. The quantitative estimate of drug-likeness (QED) is 0.214. The average Bonchev–Trinajstić information content (AvgIpc) is 2.72. The average molecular weight is 435 g/mol. The summed E-state index contributed by atoms with van der Waals surface area (Å²) in [6.45, 7) is -0.330. The second-order valence-corrected chi connectivity index (χ2v) is 7.05. The van der Waals surface area contributed by atoms with Crippen molar-refractivity contribution in [3.05, 3.63) is 30.3 Å². The molecule has 4 atom stereocenters. The van der Waals surface area contributed by atoms with Crippen LogP contribution < -0.4 is 4.74 Å². The lowest BCUT2D eigenvalue weighted by atomic mass is 10.1. The van der Waals surface area contributed by atoms with Gasteiger partial charge in [0.15, 0.2) is 17.2 Å². The maximum atomic E-state index is 10.2. The molecule has 0 radical (unpaired) electrons. The van der Waals surface area contributed by atoms with E-state index in [-0.39, 0.29) is 46.1 Å². The third-order valence-corrected chi connectivity index (χ3v) is 4.85. The van der Waals surface area contributed by atoms with Crippen molar-refractivity contribution in [1.29, 1.82) is 0 Å². The molecule has 1 aliphatic heterocycles. The molecule has 0 spiro atoms. The van der Waals surface area contributed by atoms with Gasteiger partial charge in [0, 0.05) is 24.3 Å². The summed E-state index contributed by atoms with van der Waals surface area (Å²) in [6, 6.07) is 5.68. The van der Waals surface area contributed by atoms with Crippen molar-refractivity contribution >= 4 is 11.0 Å². The summed E-state index contributed by atoms with van der Waals surface area (Å²) >= 11 is 0. The normalized spacial score (nSPS) is 23.7. The first-order chi connectivity index (χ1) is 14.7. The molecule has 11 nitrogen and oxygen atoms in total. The van der Waals surface area contributed by atoms with Crippen LogP contribution in [0.4, 0.5) is 0 Å². The van der Waals surface area contributed by atoms with Gasteiger partial charge in [-0.3, -0.25) is 0 Å². The predicted octanol–water partition coefficient (Wildman–Crippen LogP) is 0.727. The molecule has 1 fully saturated rings. The lowest BCUT2D eigenvalue weighted by Crippen LogP contribution is -2.54. The number of hydrogen-bond acceptors (Lipinski definition) is 10. The minimum atomic E-state index is -1.64. The number of aromatic hydroxyl groups is 5. The van der Waals surface area contributed by atoms with Crippen LogP contribution in [0.15, 0.2) is 34.7 Å². The molecule has 164 valence electrons. The molecule has 31 heavy (non-hydrogen) atoms. The van der Waals surface area contributed by atoms with Gasteiger partial charge in [0.25, 0.3) is 0 Å². The Kier molecular flexibility index (Phi) is 5.11. The van der Waals surface area contributed by atoms with E-state index in [2.05, 4.69) is 0 Å². The second-order valence-electron chi connectivity index (χ2n) is 7.05. The van der Waals surface area contributed by atoms with Crippen molar-refractivity contribution < 1.29 is 54.7 Å². The van der Waals surface area contributed by atoms with E-state index in [4.69, 9.17) is 13.9 Å². The summed E-state index contributed by atoms with van der Waals surface area (Å²) in [4.78, 5) is 0. The smallest absolute Gasteiger partial charge is 0.402 e. The summed E-state index contributed by atoms with van der Waals surface area (Å²) in [6.07, 6.45) is -5.95. The van der Waals surface area contributed by atoms with Crippen LogP contribution in [0.3, 0.4) is 0 Å². The Morgan fingerprint density at radius 2 is 1.52 bits per heavy atom. The van der Waals surface area contributed by atoms with E-state index < -0.39 is 41.9 Å². The van der Waals surface area contributed by atoms with Gasteiger partial charge in [0.1, 0.15) is 35.2 Å². The Morgan fingerprint density at radius 3 is 2.19 bits per heavy atom. The monoisotopic (exact) mass is 435 g/mol. The fraction of sp³-hybridized carbons (Fsp3) is 0.250. The Labute approximate surface area is 173 Å². The number of rotatable bonds is 3. The minimum absolute atomic E-state index is 0.00692. The first-order valence-electron chi connectivity index (χ1n) is 9.06. The van der Waals surface area contributed by atoms with E-state index in [9.17, 15) is 40.9 Å². The van der Waals surface area contributed by atoms with Gasteiger partial charge in [-0.1, -0.05) is 0 Å². The van der Waals surface area contributed by atoms with Crippen LogP contribution in [0.5, 0.6) is 34.5 Å². The number of ether oxygens (including phenoxy) is 2. The number of fused-ring (bicyclic) bond motifs is 1. The molecule has 1 aromatic heterocycles.